The summed E-state index contributed by atoms with van der Waals surface area (Å²) in [6, 6.07) is 12.7. The number of aliphatic hydroxyl groups is 1. The van der Waals surface area contributed by atoms with Gasteiger partial charge in [-0.1, -0.05) is 23.7 Å². The highest BCUT2D eigenvalue weighted by molar-refractivity contribution is 6.30. The average Bonchev–Trinajstić information content (AvgIpc) is 3.12. The number of hydrogen-bond acceptors (Lipinski definition) is 4. The summed E-state index contributed by atoms with van der Waals surface area (Å²) < 4.78 is 0. The highest BCUT2D eigenvalue weighted by Gasteiger charge is 2.29. The summed E-state index contributed by atoms with van der Waals surface area (Å²) in [5.74, 6) is -0.0650. The number of rotatable bonds is 4. The van der Waals surface area contributed by atoms with Crippen molar-refractivity contribution in [3.8, 4) is 0 Å². The van der Waals surface area contributed by atoms with Crippen molar-refractivity contribution in [2.45, 2.75) is 38.0 Å². The van der Waals surface area contributed by atoms with E-state index < -0.39 is 6.10 Å². The van der Waals surface area contributed by atoms with E-state index in [2.05, 4.69) is 10.6 Å². The summed E-state index contributed by atoms with van der Waals surface area (Å²) >= 11 is 5.94. The van der Waals surface area contributed by atoms with Crippen molar-refractivity contribution in [2.24, 2.45) is 0 Å². The molecule has 1 fully saturated rings. The third-order valence-electron chi connectivity index (χ3n) is 5.23. The van der Waals surface area contributed by atoms with E-state index in [1.165, 1.54) is 0 Å². The Balaban J connectivity index is 1.51. The fourth-order valence-electron chi connectivity index (χ4n) is 3.73. The molecule has 7 heteroatoms. The van der Waals surface area contributed by atoms with Crippen LogP contribution in [0.25, 0.3) is 0 Å². The Morgan fingerprint density at radius 2 is 2.00 bits per heavy atom. The molecule has 2 atom stereocenters. The molecule has 0 saturated carbocycles. The number of hydrogen-bond donors (Lipinski definition) is 3. The summed E-state index contributed by atoms with van der Waals surface area (Å²) in [5.41, 5.74) is 3.62. The Labute approximate surface area is 168 Å². The Hall–Kier alpha value is -2.41. The lowest BCUT2D eigenvalue weighted by Crippen LogP contribution is -2.36. The number of amides is 2. The third kappa shape index (κ3) is 4.04. The number of aryl methyl sites for hydroxylation is 1. The molecule has 2 unspecified atom stereocenters. The van der Waals surface area contributed by atoms with Gasteiger partial charge in [-0.3, -0.25) is 9.59 Å². The Bertz CT molecular complexity index is 900. The largest absolute Gasteiger partial charge is 0.392 e. The normalized spacial score (nSPS) is 21.5. The quantitative estimate of drug-likeness (QED) is 0.737. The summed E-state index contributed by atoms with van der Waals surface area (Å²) in [7, 11) is 0. The molecule has 0 spiro atoms. The van der Waals surface area contributed by atoms with Crippen LogP contribution in [-0.4, -0.2) is 35.6 Å². The fraction of sp³-hybridized carbons (Fsp3) is 0.333. The number of benzene rings is 2. The van der Waals surface area contributed by atoms with Crippen LogP contribution in [-0.2, 0) is 22.6 Å². The maximum atomic E-state index is 12.5. The van der Waals surface area contributed by atoms with Crippen LogP contribution < -0.4 is 15.5 Å². The van der Waals surface area contributed by atoms with E-state index >= 15 is 0 Å². The van der Waals surface area contributed by atoms with E-state index in [0.717, 1.165) is 16.8 Å². The van der Waals surface area contributed by atoms with E-state index in [-0.39, 0.29) is 17.9 Å². The summed E-state index contributed by atoms with van der Waals surface area (Å²) in [4.78, 5) is 26.6. The van der Waals surface area contributed by atoms with E-state index in [1.54, 1.807) is 4.90 Å². The highest BCUT2D eigenvalue weighted by Crippen LogP contribution is 2.32. The molecule has 6 nitrogen and oxygen atoms in total. The van der Waals surface area contributed by atoms with Gasteiger partial charge in [-0.15, -0.1) is 0 Å². The molecule has 0 aromatic heterocycles. The van der Waals surface area contributed by atoms with Gasteiger partial charge in [0.1, 0.15) is 0 Å². The maximum Gasteiger partial charge on any atom is 0.241 e. The molecular formula is C21H22ClN3O3. The minimum absolute atomic E-state index is 0.0865. The zero-order chi connectivity index (χ0) is 19.7. The van der Waals surface area contributed by atoms with Crippen LogP contribution in [0.3, 0.4) is 0 Å². The zero-order valence-electron chi connectivity index (χ0n) is 15.3. The maximum absolute atomic E-state index is 12.5. The standard InChI is InChI=1S/C21H22ClN3O3/c22-15-4-1-13(2-5-15)12-25-19-7-6-16(9-14(19)3-8-20(25)27)24-21(28)18-10-17(26)11-23-18/h1-2,4-7,9,17-18,23,26H,3,8,10-12H2,(H,24,28). The SMILES string of the molecule is O=C(Nc1ccc2c(c1)CCC(=O)N2Cc1ccc(Cl)cc1)C1CC(O)CN1. The molecule has 2 heterocycles. The van der Waals surface area contributed by atoms with Gasteiger partial charge in [0.05, 0.1) is 18.7 Å². The van der Waals surface area contributed by atoms with Gasteiger partial charge in [-0.25, -0.2) is 0 Å². The monoisotopic (exact) mass is 399 g/mol. The van der Waals surface area contributed by atoms with Gasteiger partial charge in [-0.05, 0) is 54.3 Å². The summed E-state index contributed by atoms with van der Waals surface area (Å²) in [6.45, 7) is 0.919. The van der Waals surface area contributed by atoms with Crippen molar-refractivity contribution >= 4 is 34.8 Å². The van der Waals surface area contributed by atoms with Gasteiger partial charge in [0, 0.05) is 29.4 Å². The van der Waals surface area contributed by atoms with E-state index in [9.17, 15) is 14.7 Å². The molecule has 2 aliphatic heterocycles. The van der Waals surface area contributed by atoms with Gasteiger partial charge < -0.3 is 20.6 Å². The summed E-state index contributed by atoms with van der Waals surface area (Å²) in [5, 5.41) is 16.2. The van der Waals surface area contributed by atoms with Crippen LogP contribution in [0.15, 0.2) is 42.5 Å². The molecule has 146 valence electrons. The summed E-state index contributed by atoms with van der Waals surface area (Å²) in [6.07, 6.45) is 1.02. The lowest BCUT2D eigenvalue weighted by atomic mass is 9.99. The van der Waals surface area contributed by atoms with Crippen molar-refractivity contribution < 1.29 is 14.7 Å². The number of nitrogens with one attached hydrogen (secondary N) is 2. The van der Waals surface area contributed by atoms with Crippen molar-refractivity contribution in [2.75, 3.05) is 16.8 Å². The predicted octanol–water partition coefficient (Wildman–Crippen LogP) is 2.48. The topological polar surface area (TPSA) is 81.7 Å². The lowest BCUT2D eigenvalue weighted by molar-refractivity contribution is -0.119. The molecule has 2 amide bonds. The zero-order valence-corrected chi connectivity index (χ0v) is 16.1. The minimum Gasteiger partial charge on any atom is -0.392 e. The first-order valence-corrected chi connectivity index (χ1v) is 9.77. The molecule has 28 heavy (non-hydrogen) atoms. The molecule has 2 aromatic carbocycles. The first-order valence-electron chi connectivity index (χ1n) is 9.39. The smallest absolute Gasteiger partial charge is 0.241 e. The Morgan fingerprint density at radius 3 is 2.71 bits per heavy atom. The minimum atomic E-state index is -0.480. The Kier molecular flexibility index (Phi) is 5.35. The van der Waals surface area contributed by atoms with Crippen molar-refractivity contribution in [1.29, 1.82) is 0 Å². The molecule has 2 aromatic rings. The van der Waals surface area contributed by atoms with Gasteiger partial charge in [0.15, 0.2) is 0 Å². The number of carbonyl (C=O) groups is 2. The highest BCUT2D eigenvalue weighted by atomic mass is 35.5. The van der Waals surface area contributed by atoms with Gasteiger partial charge in [-0.2, -0.15) is 0 Å². The lowest BCUT2D eigenvalue weighted by Gasteiger charge is -2.30. The molecular weight excluding hydrogens is 378 g/mol. The van der Waals surface area contributed by atoms with E-state index in [1.807, 2.05) is 42.5 Å². The van der Waals surface area contributed by atoms with Crippen LogP contribution in [0.5, 0.6) is 0 Å². The number of anilines is 2. The number of fused-ring (bicyclic) bond motifs is 1. The third-order valence-corrected chi connectivity index (χ3v) is 5.48. The second-order valence-electron chi connectivity index (χ2n) is 7.29. The molecule has 0 bridgehead atoms. The van der Waals surface area contributed by atoms with Crippen molar-refractivity contribution in [1.82, 2.24) is 5.32 Å². The first-order chi connectivity index (χ1) is 13.5. The number of aliphatic hydroxyl groups excluding tert-OH is 1. The van der Waals surface area contributed by atoms with Crippen molar-refractivity contribution in [3.05, 3.63) is 58.6 Å². The second-order valence-corrected chi connectivity index (χ2v) is 7.73. The van der Waals surface area contributed by atoms with Crippen LogP contribution >= 0.6 is 11.6 Å². The number of β-amino-alcohol motifs (C(OH)–C–C–N with tert-alkyl or cyclic N) is 1. The fourth-order valence-corrected chi connectivity index (χ4v) is 3.86. The second kappa shape index (κ2) is 7.91. The predicted molar refractivity (Wildman–Crippen MR) is 108 cm³/mol. The number of halogens is 1. The van der Waals surface area contributed by atoms with Gasteiger partial charge in [0.25, 0.3) is 0 Å². The first kappa shape index (κ1) is 18.9. The average molecular weight is 400 g/mol. The molecule has 0 aliphatic carbocycles. The molecule has 3 N–H and O–H groups in total. The molecule has 1 saturated heterocycles. The molecule has 0 radical (unpaired) electrons. The van der Waals surface area contributed by atoms with Crippen LogP contribution in [0.2, 0.25) is 5.02 Å². The van der Waals surface area contributed by atoms with E-state index in [4.69, 9.17) is 11.6 Å². The molecule has 2 aliphatic rings. The number of nitrogens with zero attached hydrogens (tertiary/aromatic N) is 1. The number of carbonyl (C=O) groups excluding carboxylic acids is 2. The van der Waals surface area contributed by atoms with Crippen LogP contribution in [0.1, 0.15) is 24.0 Å². The van der Waals surface area contributed by atoms with Crippen LogP contribution in [0.4, 0.5) is 11.4 Å². The van der Waals surface area contributed by atoms with E-state index in [0.29, 0.717) is 43.1 Å². The Morgan fingerprint density at radius 1 is 1.21 bits per heavy atom. The van der Waals surface area contributed by atoms with Gasteiger partial charge in [0.2, 0.25) is 11.8 Å². The van der Waals surface area contributed by atoms with Gasteiger partial charge >= 0.3 is 0 Å². The van der Waals surface area contributed by atoms with Crippen molar-refractivity contribution in [3.63, 3.8) is 0 Å². The molecule has 4 rings (SSSR count). The van der Waals surface area contributed by atoms with Crippen LogP contribution in [0, 0.1) is 0 Å².